The zero-order valence-electron chi connectivity index (χ0n) is 17.3. The molecular formula is C20H17F3N8O3. The molecule has 11 nitrogen and oxygen atoms in total. The molecule has 1 aromatic carbocycles. The van der Waals surface area contributed by atoms with Crippen molar-refractivity contribution in [3.63, 3.8) is 0 Å². The molecule has 0 unspecified atom stereocenters. The van der Waals surface area contributed by atoms with Crippen molar-refractivity contribution in [2.24, 2.45) is 0 Å². The molecule has 3 aromatic rings. The molecule has 4 N–H and O–H groups in total. The van der Waals surface area contributed by atoms with Gasteiger partial charge >= 0.3 is 12.4 Å². The maximum Gasteiger partial charge on any atom is 0.573 e. The third-order valence-electron chi connectivity index (χ3n) is 4.91. The smallest absolute Gasteiger partial charge is 0.406 e. The van der Waals surface area contributed by atoms with Gasteiger partial charge in [-0.05, 0) is 36.6 Å². The third-order valence-corrected chi connectivity index (χ3v) is 4.91. The number of anilines is 2. The lowest BCUT2D eigenvalue weighted by Crippen LogP contribution is -2.22. The topological polar surface area (TPSA) is 135 Å². The monoisotopic (exact) mass is 474 g/mol. The maximum atomic E-state index is 12.5. The fourth-order valence-electron chi connectivity index (χ4n) is 3.25. The van der Waals surface area contributed by atoms with Crippen molar-refractivity contribution in [1.29, 1.82) is 0 Å². The quantitative estimate of drug-likeness (QED) is 0.303. The van der Waals surface area contributed by atoms with Crippen LogP contribution in [0.1, 0.15) is 24.0 Å². The molecule has 1 aliphatic carbocycles. The van der Waals surface area contributed by atoms with E-state index in [0.717, 1.165) is 12.8 Å². The number of fused-ring (bicyclic) bond motifs is 1. The van der Waals surface area contributed by atoms with Crippen molar-refractivity contribution in [2.75, 3.05) is 10.6 Å². The van der Waals surface area contributed by atoms with E-state index in [-0.39, 0.29) is 30.0 Å². The fraction of sp³-hybridized carbons (Fsp3) is 0.250. The molecule has 2 aromatic heterocycles. The first-order chi connectivity index (χ1) is 16.2. The van der Waals surface area contributed by atoms with E-state index in [2.05, 4.69) is 41.1 Å². The van der Waals surface area contributed by atoms with Gasteiger partial charge in [0.2, 0.25) is 11.9 Å². The Hall–Kier alpha value is -4.36. The molecule has 176 valence electrons. The molecule has 1 saturated heterocycles. The summed E-state index contributed by atoms with van der Waals surface area (Å²) in [5, 5.41) is 15.0. The number of rotatable bonds is 7. The van der Waals surface area contributed by atoms with E-state index >= 15 is 0 Å². The van der Waals surface area contributed by atoms with Gasteiger partial charge in [-0.15, -0.1) is 13.2 Å². The summed E-state index contributed by atoms with van der Waals surface area (Å²) >= 11 is 0. The van der Waals surface area contributed by atoms with E-state index in [4.69, 9.17) is 0 Å². The molecule has 5 rings (SSSR count). The zero-order valence-corrected chi connectivity index (χ0v) is 17.3. The standard InChI is InChI=1S/C20H17F3N8O3/c21-20(22,23)34-13-3-1-2-10(6-13)8-24-17-28-15-11(7-14-16(32)29-19(33)27-14)9-25-31(15)18(30-17)26-12-4-5-12/h1-3,6-7,9,12H,4-5,8H2,(H2,24,26,28,30)(H2,27,29,32,33)/b14-7-. The molecule has 0 spiro atoms. The Morgan fingerprint density at radius 3 is 2.74 bits per heavy atom. The average Bonchev–Trinajstić information content (AvgIpc) is 3.40. The number of hydrogen-bond donors (Lipinski definition) is 4. The Balaban J connectivity index is 1.43. The molecule has 1 aliphatic heterocycles. The average molecular weight is 474 g/mol. The third kappa shape index (κ3) is 4.84. The number of urea groups is 1. The highest BCUT2D eigenvalue weighted by Crippen LogP contribution is 2.26. The van der Waals surface area contributed by atoms with Crippen molar-refractivity contribution >= 4 is 35.6 Å². The Morgan fingerprint density at radius 1 is 1.21 bits per heavy atom. The predicted molar refractivity (Wildman–Crippen MR) is 113 cm³/mol. The molecule has 3 amide bonds. The minimum Gasteiger partial charge on any atom is -0.406 e. The highest BCUT2D eigenvalue weighted by Gasteiger charge is 2.31. The van der Waals surface area contributed by atoms with Gasteiger partial charge in [-0.2, -0.15) is 19.6 Å². The van der Waals surface area contributed by atoms with Gasteiger partial charge < -0.3 is 20.7 Å². The van der Waals surface area contributed by atoms with E-state index in [9.17, 15) is 22.8 Å². The highest BCUT2D eigenvalue weighted by molar-refractivity contribution is 6.14. The normalized spacial score (nSPS) is 17.1. The summed E-state index contributed by atoms with van der Waals surface area (Å²) in [7, 11) is 0. The van der Waals surface area contributed by atoms with Crippen LogP contribution in [0.4, 0.5) is 29.9 Å². The summed E-state index contributed by atoms with van der Waals surface area (Å²) in [4.78, 5) is 32.2. The number of nitrogens with zero attached hydrogens (tertiary/aromatic N) is 4. The van der Waals surface area contributed by atoms with Crippen LogP contribution in [-0.2, 0) is 11.3 Å². The van der Waals surface area contributed by atoms with Gasteiger partial charge in [0.05, 0.1) is 6.20 Å². The number of aromatic nitrogens is 4. The number of carbonyl (C=O) groups is 2. The Labute approximate surface area is 189 Å². The summed E-state index contributed by atoms with van der Waals surface area (Å²) in [6, 6.07) is 5.17. The van der Waals surface area contributed by atoms with Gasteiger partial charge in [0, 0.05) is 18.2 Å². The predicted octanol–water partition coefficient (Wildman–Crippen LogP) is 2.39. The molecule has 0 atom stereocenters. The van der Waals surface area contributed by atoms with Crippen molar-refractivity contribution in [1.82, 2.24) is 30.2 Å². The van der Waals surface area contributed by atoms with Crippen LogP contribution < -0.4 is 26.0 Å². The molecule has 0 bridgehead atoms. The Bertz CT molecular complexity index is 1320. The second-order valence-corrected chi connectivity index (χ2v) is 7.64. The summed E-state index contributed by atoms with van der Waals surface area (Å²) < 4.78 is 42.9. The Kier molecular flexibility index (Phi) is 5.18. The van der Waals surface area contributed by atoms with Crippen LogP contribution >= 0.6 is 0 Å². The summed E-state index contributed by atoms with van der Waals surface area (Å²) in [5.74, 6) is -0.304. The first kappa shape index (κ1) is 21.5. The van der Waals surface area contributed by atoms with Crippen LogP contribution in [0.5, 0.6) is 5.75 Å². The van der Waals surface area contributed by atoms with Gasteiger partial charge in [0.1, 0.15) is 11.4 Å². The number of ether oxygens (including phenoxy) is 1. The van der Waals surface area contributed by atoms with Crippen molar-refractivity contribution in [3.05, 3.63) is 47.3 Å². The number of hydrogen-bond acceptors (Lipinski definition) is 8. The lowest BCUT2D eigenvalue weighted by molar-refractivity contribution is -0.274. The molecule has 2 fully saturated rings. The van der Waals surface area contributed by atoms with Crippen molar-refractivity contribution in [3.8, 4) is 5.75 Å². The minimum atomic E-state index is -4.79. The number of nitrogens with one attached hydrogen (secondary N) is 4. The lowest BCUT2D eigenvalue weighted by Gasteiger charge is -2.12. The number of alkyl halides is 3. The van der Waals surface area contributed by atoms with E-state index in [1.807, 2.05) is 0 Å². The van der Waals surface area contributed by atoms with Crippen LogP contribution in [0.2, 0.25) is 0 Å². The molecular weight excluding hydrogens is 457 g/mol. The number of imide groups is 1. The fourth-order valence-corrected chi connectivity index (χ4v) is 3.25. The van der Waals surface area contributed by atoms with Gasteiger partial charge in [-0.1, -0.05) is 12.1 Å². The van der Waals surface area contributed by atoms with Gasteiger partial charge in [0.15, 0.2) is 5.65 Å². The maximum absolute atomic E-state index is 12.5. The van der Waals surface area contributed by atoms with Crippen LogP contribution in [0.3, 0.4) is 0 Å². The van der Waals surface area contributed by atoms with E-state index < -0.39 is 18.3 Å². The SMILES string of the molecule is O=C1NC(=O)/C(=C/c2cnn3c(NC4CC4)nc(NCc4cccc(OC(F)(F)F)c4)nc23)N1. The number of benzene rings is 1. The highest BCUT2D eigenvalue weighted by atomic mass is 19.4. The van der Waals surface area contributed by atoms with Gasteiger partial charge in [-0.25, -0.2) is 4.79 Å². The van der Waals surface area contributed by atoms with Gasteiger partial charge in [-0.3, -0.25) is 10.1 Å². The second kappa shape index (κ2) is 8.20. The minimum absolute atomic E-state index is 0.0474. The van der Waals surface area contributed by atoms with Crippen molar-refractivity contribution in [2.45, 2.75) is 31.8 Å². The van der Waals surface area contributed by atoms with Crippen LogP contribution in [-0.4, -0.2) is 43.9 Å². The molecule has 2 aliphatic rings. The van der Waals surface area contributed by atoms with E-state index in [1.165, 1.54) is 35.0 Å². The van der Waals surface area contributed by atoms with E-state index in [1.54, 1.807) is 6.07 Å². The largest absolute Gasteiger partial charge is 0.573 e. The van der Waals surface area contributed by atoms with Gasteiger partial charge in [0.25, 0.3) is 5.91 Å². The van der Waals surface area contributed by atoms with Crippen LogP contribution in [0, 0.1) is 0 Å². The lowest BCUT2D eigenvalue weighted by atomic mass is 10.2. The second-order valence-electron chi connectivity index (χ2n) is 7.64. The first-order valence-electron chi connectivity index (χ1n) is 10.2. The molecule has 3 heterocycles. The van der Waals surface area contributed by atoms with Crippen LogP contribution in [0.25, 0.3) is 11.7 Å². The van der Waals surface area contributed by atoms with Crippen LogP contribution in [0.15, 0.2) is 36.2 Å². The van der Waals surface area contributed by atoms with Crippen molar-refractivity contribution < 1.29 is 27.5 Å². The number of amides is 3. The zero-order chi connectivity index (χ0) is 23.9. The number of carbonyl (C=O) groups excluding carboxylic acids is 2. The molecule has 14 heteroatoms. The summed E-state index contributed by atoms with van der Waals surface area (Å²) in [6.45, 7) is 0.122. The van der Waals surface area contributed by atoms with E-state index in [0.29, 0.717) is 22.7 Å². The molecule has 1 saturated carbocycles. The molecule has 34 heavy (non-hydrogen) atoms. The number of halogens is 3. The first-order valence-corrected chi connectivity index (χ1v) is 10.2. The summed E-state index contributed by atoms with van der Waals surface area (Å²) in [6.07, 6.45) is 0.0915. The summed E-state index contributed by atoms with van der Waals surface area (Å²) in [5.41, 5.74) is 1.38. The molecule has 0 radical (unpaired) electrons. The Morgan fingerprint density at radius 2 is 2.03 bits per heavy atom.